The minimum Gasteiger partial charge on any atom is -0.236 e. The van der Waals surface area contributed by atoms with E-state index in [0.29, 0.717) is 0 Å². The van der Waals surface area contributed by atoms with E-state index in [2.05, 4.69) is 98.6 Å². The van der Waals surface area contributed by atoms with Crippen molar-refractivity contribution in [2.45, 2.75) is 26.2 Å². The van der Waals surface area contributed by atoms with Crippen LogP contribution in [0.3, 0.4) is 0 Å². The van der Waals surface area contributed by atoms with E-state index in [1.165, 1.54) is 37.2 Å². The van der Waals surface area contributed by atoms with Crippen LogP contribution < -0.4 is 0 Å². The maximum Gasteiger partial charge on any atom is 0.128 e. The first-order valence-corrected chi connectivity index (χ1v) is 11.4. The van der Waals surface area contributed by atoms with Gasteiger partial charge in [-0.1, -0.05) is 87.5 Å². The van der Waals surface area contributed by atoms with E-state index >= 15 is 0 Å². The van der Waals surface area contributed by atoms with Gasteiger partial charge in [0.1, 0.15) is 11.2 Å². The normalized spacial score (nSPS) is 12.4. The quantitative estimate of drug-likeness (QED) is 0.269. The Hall–Kier alpha value is -3.30. The van der Waals surface area contributed by atoms with Crippen LogP contribution in [0.2, 0.25) is 0 Å². The van der Waals surface area contributed by atoms with Crippen molar-refractivity contribution in [3.05, 3.63) is 84.7 Å². The fourth-order valence-electron chi connectivity index (χ4n) is 4.53. The van der Waals surface area contributed by atoms with Gasteiger partial charge in [-0.25, -0.2) is 9.97 Å². The van der Waals surface area contributed by atoms with Gasteiger partial charge < -0.3 is 0 Å². The third-order valence-corrected chi connectivity index (χ3v) is 7.22. The topological polar surface area (TPSA) is 25.8 Å². The molecule has 0 aliphatic carbocycles. The lowest BCUT2D eigenvalue weighted by atomic mass is 9.85. The molecular weight excluding hydrogens is 396 g/mol. The highest BCUT2D eigenvalue weighted by molar-refractivity contribution is 7.25. The SMILES string of the molecule is CC(C)(C)c1ccc2c(-c3ncnc4sc5ccc6ccccc6c5c34)cccc2c1. The van der Waals surface area contributed by atoms with Crippen molar-refractivity contribution in [3.8, 4) is 11.3 Å². The Morgan fingerprint density at radius 3 is 2.42 bits per heavy atom. The summed E-state index contributed by atoms with van der Waals surface area (Å²) in [7, 11) is 0. The molecule has 150 valence electrons. The molecule has 0 fully saturated rings. The zero-order valence-corrected chi connectivity index (χ0v) is 18.6. The van der Waals surface area contributed by atoms with Crippen molar-refractivity contribution in [3.63, 3.8) is 0 Å². The van der Waals surface area contributed by atoms with Gasteiger partial charge in [-0.3, -0.25) is 0 Å². The predicted octanol–water partition coefficient (Wildman–Crippen LogP) is 8.12. The lowest BCUT2D eigenvalue weighted by Crippen LogP contribution is -2.10. The van der Waals surface area contributed by atoms with Gasteiger partial charge in [0.2, 0.25) is 0 Å². The maximum absolute atomic E-state index is 4.82. The molecule has 0 spiro atoms. The number of aromatic nitrogens is 2. The van der Waals surface area contributed by atoms with Gasteiger partial charge in [0.25, 0.3) is 0 Å². The van der Waals surface area contributed by atoms with E-state index in [1.807, 2.05) is 0 Å². The van der Waals surface area contributed by atoms with E-state index in [4.69, 9.17) is 4.98 Å². The fraction of sp³-hybridized carbons (Fsp3) is 0.143. The Kier molecular flexibility index (Phi) is 3.93. The number of hydrogen-bond acceptors (Lipinski definition) is 3. The monoisotopic (exact) mass is 418 g/mol. The number of thiophene rings is 1. The highest BCUT2D eigenvalue weighted by Gasteiger charge is 2.18. The molecule has 0 aliphatic rings. The predicted molar refractivity (Wildman–Crippen MR) is 134 cm³/mol. The summed E-state index contributed by atoms with van der Waals surface area (Å²) in [5, 5.41) is 7.41. The van der Waals surface area contributed by atoms with Crippen molar-refractivity contribution in [2.75, 3.05) is 0 Å². The molecule has 31 heavy (non-hydrogen) atoms. The molecule has 0 saturated heterocycles. The largest absolute Gasteiger partial charge is 0.236 e. The lowest BCUT2D eigenvalue weighted by Gasteiger charge is -2.20. The zero-order chi connectivity index (χ0) is 21.2. The number of benzene rings is 4. The third kappa shape index (κ3) is 2.84. The van der Waals surface area contributed by atoms with Gasteiger partial charge in [0.15, 0.2) is 0 Å². The summed E-state index contributed by atoms with van der Waals surface area (Å²) >= 11 is 1.75. The smallest absolute Gasteiger partial charge is 0.128 e. The van der Waals surface area contributed by atoms with Crippen LogP contribution in [0.25, 0.3) is 53.1 Å². The first kappa shape index (κ1) is 18.5. The summed E-state index contributed by atoms with van der Waals surface area (Å²) in [4.78, 5) is 10.5. The highest BCUT2D eigenvalue weighted by Crippen LogP contribution is 2.42. The van der Waals surface area contributed by atoms with Crippen LogP contribution in [0, 0.1) is 0 Å². The van der Waals surface area contributed by atoms with Gasteiger partial charge in [-0.15, -0.1) is 11.3 Å². The second kappa shape index (κ2) is 6.60. The summed E-state index contributed by atoms with van der Waals surface area (Å²) in [5.41, 5.74) is 3.64. The average molecular weight is 419 g/mol. The van der Waals surface area contributed by atoms with Crippen LogP contribution in [0.4, 0.5) is 0 Å². The number of fused-ring (bicyclic) bond motifs is 6. The number of hydrogen-bond donors (Lipinski definition) is 0. The first-order chi connectivity index (χ1) is 15.0. The Morgan fingerprint density at radius 2 is 1.55 bits per heavy atom. The van der Waals surface area contributed by atoms with Crippen LogP contribution >= 0.6 is 11.3 Å². The van der Waals surface area contributed by atoms with Crippen molar-refractivity contribution >= 4 is 53.2 Å². The first-order valence-electron chi connectivity index (χ1n) is 10.6. The maximum atomic E-state index is 4.82. The zero-order valence-electron chi connectivity index (χ0n) is 17.8. The molecule has 0 N–H and O–H groups in total. The molecule has 0 atom stereocenters. The molecule has 3 heteroatoms. The van der Waals surface area contributed by atoms with E-state index in [9.17, 15) is 0 Å². The number of rotatable bonds is 1. The molecule has 0 aliphatic heterocycles. The fourth-order valence-corrected chi connectivity index (χ4v) is 5.59. The number of nitrogens with zero attached hydrogens (tertiary/aromatic N) is 2. The van der Waals surface area contributed by atoms with Crippen molar-refractivity contribution in [1.82, 2.24) is 9.97 Å². The van der Waals surface area contributed by atoms with Gasteiger partial charge in [-0.05, 0) is 38.6 Å². The summed E-state index contributed by atoms with van der Waals surface area (Å²) in [5.74, 6) is 0. The standard InChI is InChI=1S/C28H22N2S/c1-28(2,3)19-12-13-20-18(15-19)8-6-10-22(20)26-25-24-21-9-5-4-7-17(21)11-14-23(24)31-27(25)30-16-29-26/h4-16H,1-3H3. The molecule has 4 aromatic carbocycles. The van der Waals surface area contributed by atoms with Crippen LogP contribution in [-0.4, -0.2) is 9.97 Å². The van der Waals surface area contributed by atoms with E-state index in [0.717, 1.165) is 21.5 Å². The average Bonchev–Trinajstić information content (AvgIpc) is 3.17. The summed E-state index contributed by atoms with van der Waals surface area (Å²) < 4.78 is 1.26. The lowest BCUT2D eigenvalue weighted by molar-refractivity contribution is 0.591. The van der Waals surface area contributed by atoms with E-state index < -0.39 is 0 Å². The van der Waals surface area contributed by atoms with E-state index in [1.54, 1.807) is 17.7 Å². The molecule has 6 rings (SSSR count). The van der Waals surface area contributed by atoms with Crippen molar-refractivity contribution in [2.24, 2.45) is 0 Å². The third-order valence-electron chi connectivity index (χ3n) is 6.16. The summed E-state index contributed by atoms with van der Waals surface area (Å²) in [6.07, 6.45) is 1.71. The van der Waals surface area contributed by atoms with Crippen LogP contribution in [-0.2, 0) is 5.41 Å². The molecular formula is C28H22N2S. The molecule has 0 unspecified atom stereocenters. The minimum absolute atomic E-state index is 0.120. The van der Waals surface area contributed by atoms with Gasteiger partial charge >= 0.3 is 0 Å². The highest BCUT2D eigenvalue weighted by atomic mass is 32.1. The second-order valence-electron chi connectivity index (χ2n) is 9.16. The van der Waals surface area contributed by atoms with Crippen LogP contribution in [0.1, 0.15) is 26.3 Å². The molecule has 0 saturated carbocycles. The van der Waals surface area contributed by atoms with E-state index in [-0.39, 0.29) is 5.41 Å². The van der Waals surface area contributed by atoms with Gasteiger partial charge in [-0.2, -0.15) is 0 Å². The van der Waals surface area contributed by atoms with Gasteiger partial charge in [0, 0.05) is 21.0 Å². The Balaban J connectivity index is 1.72. The minimum atomic E-state index is 0.120. The summed E-state index contributed by atoms with van der Waals surface area (Å²) in [6, 6.07) is 26.4. The molecule has 0 bridgehead atoms. The molecule has 2 nitrogen and oxygen atoms in total. The molecule has 0 radical (unpaired) electrons. The van der Waals surface area contributed by atoms with Crippen molar-refractivity contribution < 1.29 is 0 Å². The second-order valence-corrected chi connectivity index (χ2v) is 10.2. The Labute approximate surface area is 185 Å². The molecule has 0 amide bonds. The van der Waals surface area contributed by atoms with Crippen LogP contribution in [0.15, 0.2) is 79.1 Å². The summed E-state index contributed by atoms with van der Waals surface area (Å²) in [6.45, 7) is 6.78. The molecule has 2 aromatic heterocycles. The molecule has 6 aromatic rings. The Morgan fingerprint density at radius 1 is 0.710 bits per heavy atom. The Bertz CT molecular complexity index is 1620. The molecule has 2 heterocycles. The van der Waals surface area contributed by atoms with Crippen molar-refractivity contribution in [1.29, 1.82) is 0 Å². The van der Waals surface area contributed by atoms with Gasteiger partial charge in [0.05, 0.1) is 5.69 Å². The van der Waals surface area contributed by atoms with Crippen LogP contribution in [0.5, 0.6) is 0 Å².